The number of para-hydroxylation sites is 1. The fraction of sp³-hybridized carbons (Fsp3) is 0.522. The Morgan fingerprint density at radius 3 is 2.39 bits per heavy atom. The number of ether oxygens (including phenoxy) is 1. The zero-order valence-corrected chi connectivity index (χ0v) is 18.4. The summed E-state index contributed by atoms with van der Waals surface area (Å²) in [6.45, 7) is 7.83. The minimum absolute atomic E-state index is 0.279. The number of hydrogen-bond acceptors (Lipinski definition) is 6. The maximum absolute atomic E-state index is 6.11. The van der Waals surface area contributed by atoms with Crippen molar-refractivity contribution >= 4 is 11.9 Å². The second-order valence-corrected chi connectivity index (χ2v) is 7.97. The third-order valence-corrected chi connectivity index (χ3v) is 5.92. The molecular formula is C23H33N7O. The van der Waals surface area contributed by atoms with Crippen LogP contribution in [0, 0.1) is 0 Å². The van der Waals surface area contributed by atoms with Gasteiger partial charge in [-0.05, 0) is 18.2 Å². The lowest BCUT2D eigenvalue weighted by molar-refractivity contribution is 0.129. The predicted molar refractivity (Wildman–Crippen MR) is 124 cm³/mol. The molecule has 4 rings (SSSR count). The minimum atomic E-state index is 0.279. The molecule has 0 radical (unpaired) electrons. The van der Waals surface area contributed by atoms with E-state index in [0.717, 1.165) is 82.9 Å². The van der Waals surface area contributed by atoms with E-state index >= 15 is 0 Å². The SMILES string of the molecule is CN=C(NCCN1CCN(c2ncccn2)CC1)N1CCC(Oc2ccccc2)CC1. The molecule has 3 heterocycles. The quantitative estimate of drug-likeness (QED) is 0.560. The summed E-state index contributed by atoms with van der Waals surface area (Å²) in [5, 5.41) is 3.55. The highest BCUT2D eigenvalue weighted by atomic mass is 16.5. The van der Waals surface area contributed by atoms with Gasteiger partial charge in [-0.3, -0.25) is 9.89 Å². The lowest BCUT2D eigenvalue weighted by Gasteiger charge is -2.36. The van der Waals surface area contributed by atoms with Crippen LogP contribution in [0.25, 0.3) is 0 Å². The van der Waals surface area contributed by atoms with Crippen molar-refractivity contribution in [3.8, 4) is 5.75 Å². The predicted octanol–water partition coefficient (Wildman–Crippen LogP) is 1.72. The first kappa shape index (κ1) is 21.4. The number of hydrogen-bond donors (Lipinski definition) is 1. The maximum Gasteiger partial charge on any atom is 0.225 e. The molecular weight excluding hydrogens is 390 g/mol. The fourth-order valence-electron chi connectivity index (χ4n) is 4.16. The number of anilines is 1. The van der Waals surface area contributed by atoms with Crippen molar-refractivity contribution in [1.82, 2.24) is 25.1 Å². The smallest absolute Gasteiger partial charge is 0.225 e. The van der Waals surface area contributed by atoms with Gasteiger partial charge in [-0.25, -0.2) is 9.97 Å². The second kappa shape index (κ2) is 10.9. The monoisotopic (exact) mass is 423 g/mol. The molecule has 0 unspecified atom stereocenters. The first-order chi connectivity index (χ1) is 15.3. The van der Waals surface area contributed by atoms with Gasteiger partial charge >= 0.3 is 0 Å². The van der Waals surface area contributed by atoms with Crippen LogP contribution in [-0.2, 0) is 0 Å². The molecule has 2 saturated heterocycles. The molecule has 8 heteroatoms. The molecule has 0 aliphatic carbocycles. The molecule has 2 aliphatic heterocycles. The van der Waals surface area contributed by atoms with Crippen molar-refractivity contribution in [2.24, 2.45) is 4.99 Å². The molecule has 0 amide bonds. The summed E-state index contributed by atoms with van der Waals surface area (Å²) in [7, 11) is 1.87. The molecule has 1 aromatic carbocycles. The Morgan fingerprint density at radius 1 is 1.00 bits per heavy atom. The van der Waals surface area contributed by atoms with E-state index in [1.807, 2.05) is 43.4 Å². The second-order valence-electron chi connectivity index (χ2n) is 7.97. The van der Waals surface area contributed by atoms with Gasteiger partial charge in [-0.15, -0.1) is 0 Å². The van der Waals surface area contributed by atoms with Crippen molar-refractivity contribution in [2.75, 3.05) is 64.3 Å². The highest BCUT2D eigenvalue weighted by Crippen LogP contribution is 2.18. The van der Waals surface area contributed by atoms with Gasteiger partial charge in [-0.1, -0.05) is 18.2 Å². The average Bonchev–Trinajstić information content (AvgIpc) is 2.84. The largest absolute Gasteiger partial charge is 0.490 e. The van der Waals surface area contributed by atoms with E-state index in [4.69, 9.17) is 4.74 Å². The number of piperidine rings is 1. The van der Waals surface area contributed by atoms with Crippen molar-refractivity contribution in [2.45, 2.75) is 18.9 Å². The summed E-state index contributed by atoms with van der Waals surface area (Å²) in [6, 6.07) is 12.0. The van der Waals surface area contributed by atoms with Crippen LogP contribution in [0.4, 0.5) is 5.95 Å². The minimum Gasteiger partial charge on any atom is -0.490 e. The molecule has 1 N–H and O–H groups in total. The molecule has 1 aromatic heterocycles. The van der Waals surface area contributed by atoms with E-state index in [9.17, 15) is 0 Å². The standard InChI is InChI=1S/C23H33N7O/c1-24-22(29-13-8-21(9-14-29)31-20-6-3-2-4-7-20)27-12-15-28-16-18-30(19-17-28)23-25-10-5-11-26-23/h2-7,10-11,21H,8-9,12-19H2,1H3,(H,24,27). The molecule has 0 spiro atoms. The topological polar surface area (TPSA) is 69.1 Å². The molecule has 2 aromatic rings. The summed E-state index contributed by atoms with van der Waals surface area (Å²) in [4.78, 5) is 20.3. The Labute approximate surface area is 184 Å². The molecule has 31 heavy (non-hydrogen) atoms. The Kier molecular flexibility index (Phi) is 7.55. The molecule has 8 nitrogen and oxygen atoms in total. The number of aliphatic imine (C=N–C) groups is 1. The first-order valence-corrected chi connectivity index (χ1v) is 11.2. The van der Waals surface area contributed by atoms with Gasteiger partial charge in [0.05, 0.1) is 0 Å². The maximum atomic E-state index is 6.11. The van der Waals surface area contributed by atoms with E-state index < -0.39 is 0 Å². The summed E-state index contributed by atoms with van der Waals surface area (Å²) >= 11 is 0. The van der Waals surface area contributed by atoms with E-state index in [1.54, 1.807) is 12.4 Å². The van der Waals surface area contributed by atoms with Crippen LogP contribution in [-0.4, -0.2) is 91.2 Å². The van der Waals surface area contributed by atoms with Crippen LogP contribution in [0.3, 0.4) is 0 Å². The number of piperazine rings is 1. The first-order valence-electron chi connectivity index (χ1n) is 11.2. The zero-order valence-electron chi connectivity index (χ0n) is 18.4. The number of nitrogens with zero attached hydrogens (tertiary/aromatic N) is 6. The number of rotatable bonds is 6. The van der Waals surface area contributed by atoms with Crippen LogP contribution in [0.1, 0.15) is 12.8 Å². The van der Waals surface area contributed by atoms with Gasteiger partial charge in [0.25, 0.3) is 0 Å². The van der Waals surface area contributed by atoms with Crippen LogP contribution in [0.2, 0.25) is 0 Å². The lowest BCUT2D eigenvalue weighted by atomic mass is 10.1. The number of nitrogens with one attached hydrogen (secondary N) is 1. The molecule has 0 atom stereocenters. The van der Waals surface area contributed by atoms with Crippen LogP contribution in [0.15, 0.2) is 53.8 Å². The number of guanidine groups is 1. The number of likely N-dealkylation sites (tertiary alicyclic amines) is 1. The normalized spacial score (nSPS) is 18.8. The Morgan fingerprint density at radius 2 is 1.71 bits per heavy atom. The van der Waals surface area contributed by atoms with E-state index in [2.05, 4.69) is 35.0 Å². The van der Waals surface area contributed by atoms with Crippen LogP contribution >= 0.6 is 0 Å². The third-order valence-electron chi connectivity index (χ3n) is 5.92. The zero-order chi connectivity index (χ0) is 21.3. The summed E-state index contributed by atoms with van der Waals surface area (Å²) in [6.07, 6.45) is 5.92. The highest BCUT2D eigenvalue weighted by molar-refractivity contribution is 5.79. The molecule has 0 bridgehead atoms. The Bertz CT molecular complexity index is 801. The van der Waals surface area contributed by atoms with E-state index in [-0.39, 0.29) is 6.10 Å². The van der Waals surface area contributed by atoms with Gasteiger partial charge in [-0.2, -0.15) is 0 Å². The third kappa shape index (κ3) is 6.07. The lowest BCUT2D eigenvalue weighted by Crippen LogP contribution is -2.51. The summed E-state index contributed by atoms with van der Waals surface area (Å²) in [5.41, 5.74) is 0. The Hall–Kier alpha value is -2.87. The van der Waals surface area contributed by atoms with Gasteiger partial charge in [0.1, 0.15) is 11.9 Å². The van der Waals surface area contributed by atoms with Crippen molar-refractivity contribution in [1.29, 1.82) is 0 Å². The highest BCUT2D eigenvalue weighted by Gasteiger charge is 2.23. The van der Waals surface area contributed by atoms with E-state index in [0.29, 0.717) is 0 Å². The number of benzene rings is 1. The van der Waals surface area contributed by atoms with Crippen LogP contribution in [0.5, 0.6) is 5.75 Å². The molecule has 0 saturated carbocycles. The molecule has 2 aliphatic rings. The van der Waals surface area contributed by atoms with Gasteiger partial charge in [0, 0.05) is 84.6 Å². The van der Waals surface area contributed by atoms with Crippen molar-refractivity contribution in [3.63, 3.8) is 0 Å². The summed E-state index contributed by atoms with van der Waals surface area (Å²) in [5.74, 6) is 2.79. The molecule has 2 fully saturated rings. The van der Waals surface area contributed by atoms with E-state index in [1.165, 1.54) is 0 Å². The van der Waals surface area contributed by atoms with Gasteiger partial charge in [0.15, 0.2) is 5.96 Å². The number of aromatic nitrogens is 2. The van der Waals surface area contributed by atoms with Gasteiger partial charge < -0.3 is 19.9 Å². The summed E-state index contributed by atoms with van der Waals surface area (Å²) < 4.78 is 6.11. The fourth-order valence-corrected chi connectivity index (χ4v) is 4.16. The van der Waals surface area contributed by atoms with Crippen molar-refractivity contribution < 1.29 is 4.74 Å². The average molecular weight is 424 g/mol. The van der Waals surface area contributed by atoms with Crippen molar-refractivity contribution in [3.05, 3.63) is 48.8 Å². The Balaban J connectivity index is 1.15. The van der Waals surface area contributed by atoms with Gasteiger partial charge in [0.2, 0.25) is 5.95 Å². The van der Waals surface area contributed by atoms with Crippen LogP contribution < -0.4 is 15.0 Å². The molecule has 166 valence electrons.